The number of nitrogens with one attached hydrogen (secondary N) is 1. The summed E-state index contributed by atoms with van der Waals surface area (Å²) in [6.07, 6.45) is 2.66. The molecule has 1 aromatic carbocycles. The molecular formula is C17H25N3OS. The van der Waals surface area contributed by atoms with Gasteiger partial charge in [-0.1, -0.05) is 18.2 Å². The van der Waals surface area contributed by atoms with Crippen molar-refractivity contribution in [1.82, 2.24) is 10.2 Å². The molecule has 2 aliphatic rings. The number of hydrogen-bond donors (Lipinski definition) is 1. The van der Waals surface area contributed by atoms with Gasteiger partial charge in [0.25, 0.3) is 0 Å². The lowest BCUT2D eigenvalue weighted by Crippen LogP contribution is -2.52. The highest BCUT2D eigenvalue weighted by molar-refractivity contribution is 7.80. The molecule has 0 bridgehead atoms. The van der Waals surface area contributed by atoms with Gasteiger partial charge in [-0.05, 0) is 43.6 Å². The lowest BCUT2D eigenvalue weighted by molar-refractivity contribution is 0.113. The fraction of sp³-hybridized carbons (Fsp3) is 0.588. The van der Waals surface area contributed by atoms with Gasteiger partial charge in [0.2, 0.25) is 0 Å². The number of hydrogen-bond acceptors (Lipinski definition) is 3. The number of piperazine rings is 1. The average Bonchev–Trinajstić information content (AvgIpc) is 3.07. The highest BCUT2D eigenvalue weighted by Gasteiger charge is 2.21. The van der Waals surface area contributed by atoms with Crippen LogP contribution in [0.3, 0.4) is 0 Å². The molecule has 1 N–H and O–H groups in total. The second-order valence-electron chi connectivity index (χ2n) is 6.08. The first-order valence-electron chi connectivity index (χ1n) is 8.19. The number of para-hydroxylation sites is 1. The Kier molecular flexibility index (Phi) is 5.16. The second-order valence-corrected chi connectivity index (χ2v) is 6.47. The second kappa shape index (κ2) is 7.29. The minimum absolute atomic E-state index is 0.339. The minimum Gasteiger partial charge on any atom is -0.376 e. The highest BCUT2D eigenvalue weighted by Crippen LogP contribution is 2.20. The summed E-state index contributed by atoms with van der Waals surface area (Å²) in [5, 5.41) is 4.25. The van der Waals surface area contributed by atoms with Crippen LogP contribution in [0.15, 0.2) is 24.3 Å². The van der Waals surface area contributed by atoms with E-state index in [1.54, 1.807) is 0 Å². The fourth-order valence-corrected chi connectivity index (χ4v) is 3.45. The van der Waals surface area contributed by atoms with Crippen molar-refractivity contribution >= 4 is 23.0 Å². The van der Waals surface area contributed by atoms with Gasteiger partial charge >= 0.3 is 0 Å². The average molecular weight is 319 g/mol. The maximum atomic E-state index is 5.63. The molecule has 0 aromatic heterocycles. The van der Waals surface area contributed by atoms with E-state index in [0.717, 1.165) is 50.9 Å². The Labute approximate surface area is 138 Å². The number of thiocarbonyl (C=S) groups is 1. The molecule has 5 heteroatoms. The molecule has 1 aromatic rings. The van der Waals surface area contributed by atoms with Crippen LogP contribution in [0.2, 0.25) is 0 Å². The maximum Gasteiger partial charge on any atom is 0.169 e. The van der Waals surface area contributed by atoms with E-state index in [9.17, 15) is 0 Å². The van der Waals surface area contributed by atoms with Crippen molar-refractivity contribution in [3.05, 3.63) is 29.8 Å². The normalized spacial score (nSPS) is 22.0. The Morgan fingerprint density at radius 1 is 1.27 bits per heavy atom. The van der Waals surface area contributed by atoms with E-state index in [4.69, 9.17) is 17.0 Å². The van der Waals surface area contributed by atoms with Crippen LogP contribution in [0.4, 0.5) is 5.69 Å². The van der Waals surface area contributed by atoms with Gasteiger partial charge in [-0.2, -0.15) is 0 Å². The van der Waals surface area contributed by atoms with Crippen molar-refractivity contribution in [2.45, 2.75) is 25.9 Å². The van der Waals surface area contributed by atoms with Crippen LogP contribution >= 0.6 is 12.2 Å². The summed E-state index contributed by atoms with van der Waals surface area (Å²) in [7, 11) is 0. The lowest BCUT2D eigenvalue weighted by atomic mass is 10.1. The van der Waals surface area contributed by atoms with Crippen molar-refractivity contribution < 1.29 is 4.74 Å². The van der Waals surface area contributed by atoms with Crippen LogP contribution in [-0.2, 0) is 4.74 Å². The van der Waals surface area contributed by atoms with E-state index >= 15 is 0 Å². The number of rotatable bonds is 3. The Bertz CT molecular complexity index is 508. The summed E-state index contributed by atoms with van der Waals surface area (Å²) in [6, 6.07) is 8.59. The molecule has 4 nitrogen and oxygen atoms in total. The van der Waals surface area contributed by atoms with Crippen molar-refractivity contribution in [2.24, 2.45) is 0 Å². The topological polar surface area (TPSA) is 27.7 Å². The lowest BCUT2D eigenvalue weighted by Gasteiger charge is -2.38. The third-order valence-electron chi connectivity index (χ3n) is 4.53. The van der Waals surface area contributed by atoms with Gasteiger partial charge < -0.3 is 19.9 Å². The molecule has 0 radical (unpaired) electrons. The standard InChI is InChI=1S/C17H25N3OS/c1-14-5-2-3-7-16(14)19-8-10-20(11-9-19)17(22)18-13-15-6-4-12-21-15/h2-3,5,7,15H,4,6,8-13H2,1H3,(H,18,22)/t15-/m1/s1. The summed E-state index contributed by atoms with van der Waals surface area (Å²) >= 11 is 5.53. The van der Waals surface area contributed by atoms with E-state index in [-0.39, 0.29) is 0 Å². The van der Waals surface area contributed by atoms with Crippen molar-refractivity contribution in [3.63, 3.8) is 0 Å². The van der Waals surface area contributed by atoms with Gasteiger partial charge in [-0.3, -0.25) is 0 Å². The van der Waals surface area contributed by atoms with Gasteiger partial charge in [0.05, 0.1) is 6.10 Å². The van der Waals surface area contributed by atoms with Crippen LogP contribution in [0.1, 0.15) is 18.4 Å². The zero-order valence-electron chi connectivity index (χ0n) is 13.3. The number of aryl methyl sites for hydroxylation is 1. The molecule has 0 amide bonds. The quantitative estimate of drug-likeness (QED) is 0.862. The highest BCUT2D eigenvalue weighted by atomic mass is 32.1. The van der Waals surface area contributed by atoms with Gasteiger partial charge in [0.1, 0.15) is 0 Å². The van der Waals surface area contributed by atoms with E-state index < -0.39 is 0 Å². The van der Waals surface area contributed by atoms with Gasteiger partial charge in [0.15, 0.2) is 5.11 Å². The number of nitrogens with zero attached hydrogens (tertiary/aromatic N) is 2. The Morgan fingerprint density at radius 2 is 2.05 bits per heavy atom. The predicted octanol–water partition coefficient (Wildman–Crippen LogP) is 2.17. The van der Waals surface area contributed by atoms with Gasteiger partial charge in [0, 0.05) is 45.0 Å². The summed E-state index contributed by atoms with van der Waals surface area (Å²) in [5.41, 5.74) is 2.69. The molecular weight excluding hydrogens is 294 g/mol. The van der Waals surface area contributed by atoms with E-state index in [0.29, 0.717) is 6.10 Å². The molecule has 2 aliphatic heterocycles. The van der Waals surface area contributed by atoms with Crippen molar-refractivity contribution in [3.8, 4) is 0 Å². The van der Waals surface area contributed by atoms with Crippen LogP contribution in [0.25, 0.3) is 0 Å². The minimum atomic E-state index is 0.339. The SMILES string of the molecule is Cc1ccccc1N1CCN(C(=S)NC[C@H]2CCCO2)CC1. The molecule has 2 heterocycles. The van der Waals surface area contributed by atoms with Gasteiger partial charge in [-0.25, -0.2) is 0 Å². The molecule has 2 saturated heterocycles. The molecule has 0 aliphatic carbocycles. The molecule has 3 rings (SSSR count). The van der Waals surface area contributed by atoms with E-state index in [1.807, 2.05) is 0 Å². The number of benzene rings is 1. The molecule has 22 heavy (non-hydrogen) atoms. The van der Waals surface area contributed by atoms with Crippen LogP contribution in [-0.4, -0.2) is 55.4 Å². The van der Waals surface area contributed by atoms with Crippen LogP contribution in [0.5, 0.6) is 0 Å². The Balaban J connectivity index is 1.46. The van der Waals surface area contributed by atoms with Crippen molar-refractivity contribution in [1.29, 1.82) is 0 Å². The third-order valence-corrected chi connectivity index (χ3v) is 4.93. The Morgan fingerprint density at radius 3 is 2.73 bits per heavy atom. The number of ether oxygens (including phenoxy) is 1. The molecule has 0 saturated carbocycles. The summed E-state index contributed by atoms with van der Waals surface area (Å²) < 4.78 is 5.63. The zero-order valence-corrected chi connectivity index (χ0v) is 14.1. The first kappa shape index (κ1) is 15.6. The zero-order chi connectivity index (χ0) is 15.4. The Hall–Kier alpha value is -1.33. The van der Waals surface area contributed by atoms with E-state index in [2.05, 4.69) is 46.3 Å². The predicted molar refractivity (Wildman–Crippen MR) is 94.5 cm³/mol. The smallest absolute Gasteiger partial charge is 0.169 e. The summed E-state index contributed by atoms with van der Waals surface area (Å²) in [4.78, 5) is 4.73. The monoisotopic (exact) mass is 319 g/mol. The summed E-state index contributed by atoms with van der Waals surface area (Å²) in [6.45, 7) is 7.91. The van der Waals surface area contributed by atoms with Crippen molar-refractivity contribution in [2.75, 3.05) is 44.2 Å². The third kappa shape index (κ3) is 3.70. The van der Waals surface area contributed by atoms with Crippen LogP contribution in [0, 0.1) is 6.92 Å². The van der Waals surface area contributed by atoms with Crippen LogP contribution < -0.4 is 10.2 Å². The molecule has 2 fully saturated rings. The maximum absolute atomic E-state index is 5.63. The first-order valence-corrected chi connectivity index (χ1v) is 8.60. The molecule has 1 atom stereocenters. The molecule has 0 spiro atoms. The van der Waals surface area contributed by atoms with Gasteiger partial charge in [-0.15, -0.1) is 0 Å². The molecule has 0 unspecified atom stereocenters. The fourth-order valence-electron chi connectivity index (χ4n) is 3.19. The molecule has 120 valence electrons. The number of anilines is 1. The largest absolute Gasteiger partial charge is 0.376 e. The summed E-state index contributed by atoms with van der Waals surface area (Å²) in [5.74, 6) is 0. The van der Waals surface area contributed by atoms with E-state index in [1.165, 1.54) is 17.7 Å². The first-order chi connectivity index (χ1) is 10.7.